The number of carboxylic acid groups (broad SMARTS) is 2. The van der Waals surface area contributed by atoms with Gasteiger partial charge in [0.25, 0.3) is 0 Å². The molecule has 0 saturated heterocycles. The fourth-order valence-electron chi connectivity index (χ4n) is 3.36. The average Bonchev–Trinajstić information content (AvgIpc) is 3.36. The summed E-state index contributed by atoms with van der Waals surface area (Å²) in [5.74, 6) is -5.70. The van der Waals surface area contributed by atoms with Gasteiger partial charge in [-0.1, -0.05) is 0 Å². The van der Waals surface area contributed by atoms with Gasteiger partial charge in [0.15, 0.2) is 0 Å². The molecule has 0 aliphatic rings. The van der Waals surface area contributed by atoms with E-state index < -0.39 is 66.2 Å². The van der Waals surface area contributed by atoms with Crippen LogP contribution >= 0.6 is 0 Å². The van der Waals surface area contributed by atoms with Crippen LogP contribution in [0.5, 0.6) is 0 Å². The lowest BCUT2D eigenvalue weighted by Gasteiger charge is -2.25. The lowest BCUT2D eigenvalue weighted by molar-refractivity contribution is -0.143. The van der Waals surface area contributed by atoms with E-state index in [0.29, 0.717) is 25.1 Å². The van der Waals surface area contributed by atoms with Crippen molar-refractivity contribution >= 4 is 35.6 Å². The topological polar surface area (TPSA) is 286 Å². The Morgan fingerprint density at radius 3 is 2.05 bits per heavy atom. The van der Waals surface area contributed by atoms with Crippen molar-refractivity contribution in [3.8, 4) is 0 Å². The summed E-state index contributed by atoms with van der Waals surface area (Å²) in [6, 6.07) is -5.13. The number of nitrogens with zero attached hydrogens (tertiary/aromatic N) is 1. The highest BCUT2D eigenvalue weighted by molar-refractivity contribution is 5.94. The number of aromatic nitrogens is 2. The van der Waals surface area contributed by atoms with Crippen LogP contribution in [-0.4, -0.2) is 86.5 Å². The molecule has 0 fully saturated rings. The van der Waals surface area contributed by atoms with Gasteiger partial charge in [0, 0.05) is 31.2 Å². The zero-order valence-corrected chi connectivity index (χ0v) is 20.9. The maximum Gasteiger partial charge on any atom is 0.326 e. The maximum absolute atomic E-state index is 13.2. The molecule has 1 heterocycles. The molecule has 1 rings (SSSR count). The van der Waals surface area contributed by atoms with Crippen molar-refractivity contribution in [2.24, 2.45) is 17.2 Å². The van der Waals surface area contributed by atoms with E-state index in [1.54, 1.807) is 0 Å². The Balaban J connectivity index is 3.04. The largest absolute Gasteiger partial charge is 0.481 e. The number of nitrogens with two attached hydrogens (primary N) is 3. The fraction of sp³-hybridized carbons (Fsp3) is 0.591. The second kappa shape index (κ2) is 16.6. The Hall–Kier alpha value is -4.05. The maximum atomic E-state index is 13.2. The van der Waals surface area contributed by atoms with Gasteiger partial charge >= 0.3 is 11.9 Å². The molecule has 0 aliphatic heterocycles. The Morgan fingerprint density at radius 1 is 0.868 bits per heavy atom. The molecular formula is C22H36N8O8. The van der Waals surface area contributed by atoms with E-state index >= 15 is 0 Å². The number of carbonyl (C=O) groups excluding carboxylic acids is 4. The first-order valence-corrected chi connectivity index (χ1v) is 12.0. The smallest absolute Gasteiger partial charge is 0.326 e. The van der Waals surface area contributed by atoms with E-state index in [0.717, 1.165) is 0 Å². The minimum absolute atomic E-state index is 0.0655. The Morgan fingerprint density at radius 2 is 1.50 bits per heavy atom. The second-order valence-corrected chi connectivity index (χ2v) is 8.63. The first kappa shape index (κ1) is 32.0. The van der Waals surface area contributed by atoms with Gasteiger partial charge < -0.3 is 48.3 Å². The van der Waals surface area contributed by atoms with E-state index in [1.807, 2.05) is 0 Å². The number of unbranched alkanes of at least 4 members (excludes halogenated alkanes) is 1. The third-order valence-corrected chi connectivity index (χ3v) is 5.49. The van der Waals surface area contributed by atoms with Crippen molar-refractivity contribution in [2.75, 3.05) is 6.54 Å². The summed E-state index contributed by atoms with van der Waals surface area (Å²) in [7, 11) is 0. The van der Waals surface area contributed by atoms with Gasteiger partial charge in [-0.15, -0.1) is 0 Å². The van der Waals surface area contributed by atoms with Gasteiger partial charge in [-0.05, 0) is 38.6 Å². The van der Waals surface area contributed by atoms with Crippen LogP contribution in [0.4, 0.5) is 0 Å². The number of aromatic amines is 1. The van der Waals surface area contributed by atoms with Crippen LogP contribution in [0.3, 0.4) is 0 Å². The first-order valence-electron chi connectivity index (χ1n) is 12.0. The summed E-state index contributed by atoms with van der Waals surface area (Å²) in [5, 5.41) is 25.7. The van der Waals surface area contributed by atoms with Crippen LogP contribution in [0.15, 0.2) is 12.5 Å². The predicted octanol–water partition coefficient (Wildman–Crippen LogP) is -2.92. The molecule has 16 heteroatoms. The van der Waals surface area contributed by atoms with Crippen molar-refractivity contribution in [1.82, 2.24) is 25.9 Å². The van der Waals surface area contributed by atoms with Crippen LogP contribution < -0.4 is 33.2 Å². The van der Waals surface area contributed by atoms with Crippen molar-refractivity contribution in [2.45, 2.75) is 75.5 Å². The standard InChI is InChI=1S/C22H36N8O8/c23-8-2-1-3-15(22(37)38)29-20(35)14(5-7-18(32)33)28-21(36)16(9-12-10-26-11-27-12)30-19(34)13(24)4-6-17(25)31/h10-11,13-16H,1-9,23-24H2,(H2,25,31)(H,26,27)(H,28,36)(H,29,35)(H,30,34)(H,32,33)(H,37,38). The molecule has 0 saturated carbocycles. The van der Waals surface area contributed by atoms with E-state index in [9.17, 15) is 33.9 Å². The molecule has 1 aromatic heterocycles. The van der Waals surface area contributed by atoms with Gasteiger partial charge in [0.2, 0.25) is 23.6 Å². The third kappa shape index (κ3) is 12.3. The molecule has 0 spiro atoms. The first-order chi connectivity index (χ1) is 17.9. The molecule has 0 bridgehead atoms. The summed E-state index contributed by atoms with van der Waals surface area (Å²) in [6.07, 6.45) is 2.65. The minimum atomic E-state index is -1.42. The highest BCUT2D eigenvalue weighted by atomic mass is 16.4. The molecule has 4 unspecified atom stereocenters. The molecule has 212 valence electrons. The second-order valence-electron chi connectivity index (χ2n) is 8.63. The number of carboxylic acids is 2. The van der Waals surface area contributed by atoms with E-state index in [4.69, 9.17) is 22.3 Å². The molecular weight excluding hydrogens is 504 g/mol. The number of nitrogens with one attached hydrogen (secondary N) is 4. The Bertz CT molecular complexity index is 955. The molecule has 16 nitrogen and oxygen atoms in total. The van der Waals surface area contributed by atoms with Crippen molar-refractivity contribution < 1.29 is 39.0 Å². The number of primary amides is 1. The van der Waals surface area contributed by atoms with Gasteiger partial charge in [-0.3, -0.25) is 24.0 Å². The van der Waals surface area contributed by atoms with Gasteiger partial charge in [-0.25, -0.2) is 9.78 Å². The quantitative estimate of drug-likeness (QED) is 0.0801. The molecule has 0 radical (unpaired) electrons. The predicted molar refractivity (Wildman–Crippen MR) is 132 cm³/mol. The van der Waals surface area contributed by atoms with Crippen LogP contribution in [0.2, 0.25) is 0 Å². The number of rotatable bonds is 19. The number of hydrogen-bond donors (Lipinski definition) is 9. The third-order valence-electron chi connectivity index (χ3n) is 5.49. The zero-order valence-electron chi connectivity index (χ0n) is 20.9. The summed E-state index contributed by atoms with van der Waals surface area (Å²) < 4.78 is 0. The van der Waals surface area contributed by atoms with Gasteiger partial charge in [-0.2, -0.15) is 0 Å². The number of amides is 4. The monoisotopic (exact) mass is 540 g/mol. The highest BCUT2D eigenvalue weighted by Gasteiger charge is 2.31. The molecule has 0 aromatic carbocycles. The summed E-state index contributed by atoms with van der Waals surface area (Å²) in [5.41, 5.74) is 16.7. The van der Waals surface area contributed by atoms with Gasteiger partial charge in [0.1, 0.15) is 18.1 Å². The summed E-state index contributed by atoms with van der Waals surface area (Å²) >= 11 is 0. The van der Waals surface area contributed by atoms with E-state index in [1.165, 1.54) is 12.5 Å². The van der Waals surface area contributed by atoms with Crippen LogP contribution in [0.25, 0.3) is 0 Å². The molecule has 12 N–H and O–H groups in total. The number of hydrogen-bond acceptors (Lipinski definition) is 9. The summed E-state index contributed by atoms with van der Waals surface area (Å²) in [6.45, 7) is 0.340. The van der Waals surface area contributed by atoms with Crippen LogP contribution in [0, 0.1) is 0 Å². The molecule has 4 amide bonds. The van der Waals surface area contributed by atoms with Crippen molar-refractivity contribution in [3.05, 3.63) is 18.2 Å². The number of imidazole rings is 1. The Kier molecular flexibility index (Phi) is 14.0. The molecule has 38 heavy (non-hydrogen) atoms. The van der Waals surface area contributed by atoms with Crippen molar-refractivity contribution in [1.29, 1.82) is 0 Å². The average molecular weight is 541 g/mol. The number of aliphatic carboxylic acids is 2. The Labute approximate surface area is 218 Å². The highest BCUT2D eigenvalue weighted by Crippen LogP contribution is 2.07. The van der Waals surface area contributed by atoms with Gasteiger partial charge in [0.05, 0.1) is 12.4 Å². The number of carbonyl (C=O) groups is 6. The molecule has 4 atom stereocenters. The number of H-pyrrole nitrogens is 1. The summed E-state index contributed by atoms with van der Waals surface area (Å²) in [4.78, 5) is 78.9. The fourth-order valence-corrected chi connectivity index (χ4v) is 3.36. The van der Waals surface area contributed by atoms with Crippen molar-refractivity contribution in [3.63, 3.8) is 0 Å². The minimum Gasteiger partial charge on any atom is -0.481 e. The SMILES string of the molecule is NCCCCC(NC(=O)C(CCC(=O)O)NC(=O)C(Cc1cnc[nH]1)NC(=O)C(N)CCC(N)=O)C(=O)O. The lowest BCUT2D eigenvalue weighted by Crippen LogP contribution is -2.57. The molecule has 1 aromatic rings. The van der Waals surface area contributed by atoms with Crippen LogP contribution in [0.1, 0.15) is 50.6 Å². The lowest BCUT2D eigenvalue weighted by atomic mass is 10.0. The van der Waals surface area contributed by atoms with E-state index in [2.05, 4.69) is 25.9 Å². The normalized spacial score (nSPS) is 13.9. The van der Waals surface area contributed by atoms with Crippen LogP contribution in [-0.2, 0) is 35.2 Å². The zero-order chi connectivity index (χ0) is 28.7. The van der Waals surface area contributed by atoms with E-state index in [-0.39, 0.29) is 32.1 Å². The molecule has 0 aliphatic carbocycles.